The first-order valence-electron chi connectivity index (χ1n) is 4.49. The number of rotatable bonds is 3. The minimum atomic E-state index is 0.848. The van der Waals surface area contributed by atoms with E-state index < -0.39 is 0 Å². The van der Waals surface area contributed by atoms with Crippen LogP contribution in [0.5, 0.6) is 0 Å². The molecule has 1 aromatic carbocycles. The van der Waals surface area contributed by atoms with Crippen LogP contribution < -0.4 is 0 Å². The SMILES string of the molecule is CC/C(=C/C=O)c1cccc(C)c1. The highest BCUT2D eigenvalue weighted by atomic mass is 16.1. The molecule has 0 aliphatic rings. The second kappa shape index (κ2) is 4.61. The maximum absolute atomic E-state index is 10.4. The van der Waals surface area contributed by atoms with Gasteiger partial charge in [0.05, 0.1) is 0 Å². The number of aldehydes is 1. The zero-order chi connectivity index (χ0) is 9.68. The first-order chi connectivity index (χ1) is 6.27. The lowest BCUT2D eigenvalue weighted by Gasteiger charge is -2.03. The van der Waals surface area contributed by atoms with E-state index in [-0.39, 0.29) is 0 Å². The van der Waals surface area contributed by atoms with Crippen LogP contribution in [0.3, 0.4) is 0 Å². The molecule has 0 spiro atoms. The van der Waals surface area contributed by atoms with E-state index in [0.29, 0.717) is 0 Å². The highest BCUT2D eigenvalue weighted by Gasteiger charge is 1.97. The van der Waals surface area contributed by atoms with Gasteiger partial charge in [-0.2, -0.15) is 0 Å². The number of carbonyl (C=O) groups excluding carboxylic acids is 1. The molecule has 0 saturated carbocycles. The van der Waals surface area contributed by atoms with Crippen LogP contribution in [0.25, 0.3) is 5.57 Å². The van der Waals surface area contributed by atoms with Crippen molar-refractivity contribution in [3.05, 3.63) is 41.5 Å². The molecular weight excluding hydrogens is 160 g/mol. The Morgan fingerprint density at radius 2 is 2.23 bits per heavy atom. The Hall–Kier alpha value is -1.37. The summed E-state index contributed by atoms with van der Waals surface area (Å²) >= 11 is 0. The summed E-state index contributed by atoms with van der Waals surface area (Å²) < 4.78 is 0. The van der Waals surface area contributed by atoms with Crippen LogP contribution in [-0.4, -0.2) is 6.29 Å². The molecule has 0 saturated heterocycles. The molecule has 0 heterocycles. The summed E-state index contributed by atoms with van der Waals surface area (Å²) in [4.78, 5) is 10.4. The summed E-state index contributed by atoms with van der Waals surface area (Å²) in [5, 5.41) is 0. The van der Waals surface area contributed by atoms with E-state index in [4.69, 9.17) is 0 Å². The maximum Gasteiger partial charge on any atom is 0.143 e. The zero-order valence-electron chi connectivity index (χ0n) is 8.08. The quantitative estimate of drug-likeness (QED) is 0.508. The zero-order valence-corrected chi connectivity index (χ0v) is 8.08. The smallest absolute Gasteiger partial charge is 0.143 e. The first kappa shape index (κ1) is 9.72. The fraction of sp³-hybridized carbons (Fsp3) is 0.250. The van der Waals surface area contributed by atoms with Crippen molar-refractivity contribution in [2.24, 2.45) is 0 Å². The number of carbonyl (C=O) groups is 1. The molecule has 68 valence electrons. The fourth-order valence-electron chi connectivity index (χ4n) is 1.35. The Bertz CT molecular complexity index is 324. The van der Waals surface area contributed by atoms with E-state index in [1.54, 1.807) is 6.08 Å². The number of allylic oxidation sites excluding steroid dienone is 2. The molecule has 0 aliphatic heterocycles. The molecule has 0 bridgehead atoms. The Morgan fingerprint density at radius 1 is 1.46 bits per heavy atom. The summed E-state index contributed by atoms with van der Waals surface area (Å²) in [6.45, 7) is 4.11. The van der Waals surface area contributed by atoms with Crippen LogP contribution in [0.1, 0.15) is 24.5 Å². The van der Waals surface area contributed by atoms with Crippen molar-refractivity contribution in [2.45, 2.75) is 20.3 Å². The van der Waals surface area contributed by atoms with E-state index >= 15 is 0 Å². The van der Waals surface area contributed by atoms with Crippen LogP contribution in [0, 0.1) is 6.92 Å². The lowest BCUT2D eigenvalue weighted by Crippen LogP contribution is -1.84. The molecule has 0 atom stereocenters. The highest BCUT2D eigenvalue weighted by molar-refractivity contribution is 5.81. The van der Waals surface area contributed by atoms with Crippen molar-refractivity contribution in [1.82, 2.24) is 0 Å². The predicted octanol–water partition coefficient (Wildman–Crippen LogP) is 2.99. The van der Waals surface area contributed by atoms with E-state index in [0.717, 1.165) is 23.8 Å². The second-order valence-corrected chi connectivity index (χ2v) is 3.05. The Balaban J connectivity index is 3.05. The molecule has 0 N–H and O–H groups in total. The standard InChI is InChI=1S/C12H14O/c1-3-11(7-8-13)12-6-4-5-10(2)9-12/h4-9H,3H2,1-2H3/b11-7-. The Morgan fingerprint density at radius 3 is 2.77 bits per heavy atom. The van der Waals surface area contributed by atoms with Crippen molar-refractivity contribution in [2.75, 3.05) is 0 Å². The summed E-state index contributed by atoms with van der Waals surface area (Å²) in [5.74, 6) is 0. The third-order valence-electron chi connectivity index (χ3n) is 2.04. The van der Waals surface area contributed by atoms with Crippen molar-refractivity contribution in [3.8, 4) is 0 Å². The molecule has 0 amide bonds. The highest BCUT2D eigenvalue weighted by Crippen LogP contribution is 2.17. The largest absolute Gasteiger partial charge is 0.299 e. The number of hydrogen-bond donors (Lipinski definition) is 0. The molecule has 0 aliphatic carbocycles. The first-order valence-corrected chi connectivity index (χ1v) is 4.49. The maximum atomic E-state index is 10.4. The van der Waals surface area contributed by atoms with Gasteiger partial charge in [0.1, 0.15) is 6.29 Å². The summed E-state index contributed by atoms with van der Waals surface area (Å²) in [7, 11) is 0. The molecule has 1 aromatic rings. The Labute approximate surface area is 79.1 Å². The van der Waals surface area contributed by atoms with Gasteiger partial charge < -0.3 is 0 Å². The third kappa shape index (κ3) is 2.55. The number of aryl methyl sites for hydroxylation is 1. The van der Waals surface area contributed by atoms with Gasteiger partial charge >= 0.3 is 0 Å². The normalized spacial score (nSPS) is 11.4. The lowest BCUT2D eigenvalue weighted by atomic mass is 10.0. The van der Waals surface area contributed by atoms with Gasteiger partial charge in [-0.25, -0.2) is 0 Å². The van der Waals surface area contributed by atoms with Gasteiger partial charge in [-0.1, -0.05) is 36.8 Å². The van der Waals surface area contributed by atoms with Gasteiger partial charge in [0, 0.05) is 0 Å². The predicted molar refractivity (Wildman–Crippen MR) is 55.5 cm³/mol. The summed E-state index contributed by atoms with van der Waals surface area (Å²) in [5.41, 5.74) is 3.47. The van der Waals surface area contributed by atoms with Gasteiger partial charge in [0.15, 0.2) is 0 Å². The van der Waals surface area contributed by atoms with Crippen LogP contribution in [0.2, 0.25) is 0 Å². The monoisotopic (exact) mass is 174 g/mol. The lowest BCUT2D eigenvalue weighted by molar-refractivity contribution is -0.104. The molecule has 13 heavy (non-hydrogen) atoms. The van der Waals surface area contributed by atoms with Gasteiger partial charge in [-0.15, -0.1) is 0 Å². The molecule has 0 radical (unpaired) electrons. The molecule has 1 rings (SSSR count). The molecule has 1 nitrogen and oxygen atoms in total. The van der Waals surface area contributed by atoms with Gasteiger partial charge in [0.25, 0.3) is 0 Å². The summed E-state index contributed by atoms with van der Waals surface area (Å²) in [6.07, 6.45) is 3.37. The molecular formula is C12H14O. The summed E-state index contributed by atoms with van der Waals surface area (Å²) in [6, 6.07) is 8.20. The van der Waals surface area contributed by atoms with E-state index in [1.807, 2.05) is 12.1 Å². The van der Waals surface area contributed by atoms with Crippen molar-refractivity contribution < 1.29 is 4.79 Å². The third-order valence-corrected chi connectivity index (χ3v) is 2.04. The van der Waals surface area contributed by atoms with Crippen LogP contribution in [-0.2, 0) is 4.79 Å². The molecule has 0 unspecified atom stereocenters. The van der Waals surface area contributed by atoms with Gasteiger partial charge in [0.2, 0.25) is 0 Å². The second-order valence-electron chi connectivity index (χ2n) is 3.05. The van der Waals surface area contributed by atoms with Gasteiger partial charge in [-0.3, -0.25) is 4.79 Å². The van der Waals surface area contributed by atoms with Crippen molar-refractivity contribution in [3.63, 3.8) is 0 Å². The average Bonchev–Trinajstić information content (AvgIpc) is 2.14. The van der Waals surface area contributed by atoms with E-state index in [1.165, 1.54) is 5.56 Å². The molecule has 0 aromatic heterocycles. The fourth-order valence-corrected chi connectivity index (χ4v) is 1.35. The molecule has 0 fully saturated rings. The minimum Gasteiger partial charge on any atom is -0.299 e. The van der Waals surface area contributed by atoms with Crippen molar-refractivity contribution >= 4 is 11.9 Å². The number of benzene rings is 1. The Kier molecular flexibility index (Phi) is 3.44. The van der Waals surface area contributed by atoms with Crippen LogP contribution >= 0.6 is 0 Å². The topological polar surface area (TPSA) is 17.1 Å². The van der Waals surface area contributed by atoms with Gasteiger partial charge in [-0.05, 0) is 30.6 Å². The van der Waals surface area contributed by atoms with Crippen LogP contribution in [0.15, 0.2) is 30.3 Å². The average molecular weight is 174 g/mol. The van der Waals surface area contributed by atoms with Crippen molar-refractivity contribution in [1.29, 1.82) is 0 Å². The number of hydrogen-bond acceptors (Lipinski definition) is 1. The minimum absolute atomic E-state index is 0.848. The van der Waals surface area contributed by atoms with E-state index in [9.17, 15) is 4.79 Å². The van der Waals surface area contributed by atoms with Crippen LogP contribution in [0.4, 0.5) is 0 Å². The molecule has 1 heteroatoms. The van der Waals surface area contributed by atoms with E-state index in [2.05, 4.69) is 26.0 Å².